The second-order valence-corrected chi connectivity index (χ2v) is 6.46. The minimum absolute atomic E-state index is 0.455. The van der Waals surface area contributed by atoms with Crippen LogP contribution < -0.4 is 5.32 Å². The van der Waals surface area contributed by atoms with Crippen molar-refractivity contribution in [2.45, 2.75) is 71.9 Å². The quantitative estimate of drug-likeness (QED) is 0.560. The van der Waals surface area contributed by atoms with E-state index in [2.05, 4.69) is 39.6 Å². The van der Waals surface area contributed by atoms with E-state index in [0.29, 0.717) is 17.5 Å². The van der Waals surface area contributed by atoms with Gasteiger partial charge in [0.05, 0.1) is 0 Å². The van der Waals surface area contributed by atoms with Crippen LogP contribution in [0.15, 0.2) is 12.7 Å². The maximum absolute atomic E-state index is 3.84. The zero-order chi connectivity index (χ0) is 12.2. The number of rotatable bonds is 3. The van der Waals surface area contributed by atoms with Crippen LogP contribution in [0.5, 0.6) is 0 Å². The molecule has 1 N–H and O–H groups in total. The molecule has 0 radical (unpaired) electrons. The van der Waals surface area contributed by atoms with Gasteiger partial charge in [-0.15, -0.1) is 6.58 Å². The summed E-state index contributed by atoms with van der Waals surface area (Å²) >= 11 is 0. The molecule has 16 heavy (non-hydrogen) atoms. The van der Waals surface area contributed by atoms with Gasteiger partial charge >= 0.3 is 0 Å². The SMILES string of the molecule is C=CC(C)NC1CCCC(C(C)(C)C)CC1. The van der Waals surface area contributed by atoms with Gasteiger partial charge < -0.3 is 5.32 Å². The third-order valence-electron chi connectivity index (χ3n) is 4.05. The average molecular weight is 223 g/mol. The second-order valence-electron chi connectivity index (χ2n) is 6.46. The highest BCUT2D eigenvalue weighted by molar-refractivity contribution is 4.87. The van der Waals surface area contributed by atoms with E-state index in [1.807, 2.05) is 6.08 Å². The summed E-state index contributed by atoms with van der Waals surface area (Å²) in [6.45, 7) is 13.2. The van der Waals surface area contributed by atoms with Crippen LogP contribution in [0.1, 0.15) is 59.8 Å². The Morgan fingerprint density at radius 1 is 1.19 bits per heavy atom. The molecule has 0 spiro atoms. The van der Waals surface area contributed by atoms with Gasteiger partial charge in [0, 0.05) is 12.1 Å². The Morgan fingerprint density at radius 3 is 2.44 bits per heavy atom. The zero-order valence-electron chi connectivity index (χ0n) is 11.6. The molecule has 1 saturated carbocycles. The Kier molecular flexibility index (Phi) is 5.04. The van der Waals surface area contributed by atoms with Crippen molar-refractivity contribution in [3.05, 3.63) is 12.7 Å². The van der Waals surface area contributed by atoms with Crippen molar-refractivity contribution in [1.29, 1.82) is 0 Å². The molecule has 1 rings (SSSR count). The molecular weight excluding hydrogens is 194 g/mol. The van der Waals surface area contributed by atoms with Gasteiger partial charge in [-0.25, -0.2) is 0 Å². The van der Waals surface area contributed by atoms with Gasteiger partial charge in [-0.1, -0.05) is 33.3 Å². The van der Waals surface area contributed by atoms with Crippen molar-refractivity contribution in [2.24, 2.45) is 11.3 Å². The second kappa shape index (κ2) is 5.86. The number of nitrogens with one attached hydrogen (secondary N) is 1. The molecule has 1 nitrogen and oxygen atoms in total. The Labute approximate surface area is 102 Å². The summed E-state index contributed by atoms with van der Waals surface area (Å²) in [5, 5.41) is 3.66. The van der Waals surface area contributed by atoms with Gasteiger partial charge in [0.1, 0.15) is 0 Å². The Morgan fingerprint density at radius 2 is 1.88 bits per heavy atom. The standard InChI is InChI=1S/C15H29N/c1-6-12(2)16-14-9-7-8-13(10-11-14)15(3,4)5/h6,12-14,16H,1,7-11H2,2-5H3. The number of hydrogen-bond donors (Lipinski definition) is 1. The lowest BCUT2D eigenvalue weighted by Gasteiger charge is -2.29. The van der Waals surface area contributed by atoms with Crippen LogP contribution in [0.2, 0.25) is 0 Å². The molecule has 0 amide bonds. The molecule has 0 aromatic heterocycles. The Bertz CT molecular complexity index is 214. The molecule has 0 saturated heterocycles. The first kappa shape index (κ1) is 13.8. The van der Waals surface area contributed by atoms with E-state index in [9.17, 15) is 0 Å². The topological polar surface area (TPSA) is 12.0 Å². The average Bonchev–Trinajstić information content (AvgIpc) is 2.42. The van der Waals surface area contributed by atoms with Crippen molar-refractivity contribution in [3.8, 4) is 0 Å². The van der Waals surface area contributed by atoms with E-state index >= 15 is 0 Å². The van der Waals surface area contributed by atoms with Crippen LogP contribution in [-0.4, -0.2) is 12.1 Å². The molecule has 3 unspecified atom stereocenters. The molecule has 94 valence electrons. The highest BCUT2D eigenvalue weighted by Gasteiger charge is 2.27. The van der Waals surface area contributed by atoms with E-state index in [0.717, 1.165) is 5.92 Å². The van der Waals surface area contributed by atoms with Crippen LogP contribution in [0.3, 0.4) is 0 Å². The van der Waals surface area contributed by atoms with E-state index in [4.69, 9.17) is 0 Å². The first-order chi connectivity index (χ1) is 7.43. The van der Waals surface area contributed by atoms with Gasteiger partial charge in [-0.05, 0) is 43.9 Å². The molecule has 0 aromatic rings. The molecule has 1 aliphatic carbocycles. The fourth-order valence-electron chi connectivity index (χ4n) is 2.77. The van der Waals surface area contributed by atoms with Gasteiger partial charge in [-0.2, -0.15) is 0 Å². The Balaban J connectivity index is 2.43. The smallest absolute Gasteiger partial charge is 0.0221 e. The summed E-state index contributed by atoms with van der Waals surface area (Å²) in [6.07, 6.45) is 8.84. The highest BCUT2D eigenvalue weighted by Crippen LogP contribution is 2.36. The van der Waals surface area contributed by atoms with Gasteiger partial charge in [0.15, 0.2) is 0 Å². The summed E-state index contributed by atoms with van der Waals surface area (Å²) < 4.78 is 0. The van der Waals surface area contributed by atoms with Gasteiger partial charge in [0.2, 0.25) is 0 Å². The summed E-state index contributed by atoms with van der Waals surface area (Å²) in [7, 11) is 0. The lowest BCUT2D eigenvalue weighted by atomic mass is 9.76. The normalized spacial score (nSPS) is 29.5. The zero-order valence-corrected chi connectivity index (χ0v) is 11.6. The van der Waals surface area contributed by atoms with Crippen molar-refractivity contribution in [1.82, 2.24) is 5.32 Å². The van der Waals surface area contributed by atoms with E-state index in [1.165, 1.54) is 32.1 Å². The third-order valence-corrected chi connectivity index (χ3v) is 4.05. The lowest BCUT2D eigenvalue weighted by molar-refractivity contribution is 0.213. The van der Waals surface area contributed by atoms with E-state index in [-0.39, 0.29) is 0 Å². The van der Waals surface area contributed by atoms with Crippen molar-refractivity contribution >= 4 is 0 Å². The summed E-state index contributed by atoms with van der Waals surface area (Å²) in [6, 6.07) is 1.16. The first-order valence-electron chi connectivity index (χ1n) is 6.82. The molecule has 0 bridgehead atoms. The lowest BCUT2D eigenvalue weighted by Crippen LogP contribution is -2.35. The van der Waals surface area contributed by atoms with Gasteiger partial charge in [0.25, 0.3) is 0 Å². The summed E-state index contributed by atoms with van der Waals surface area (Å²) in [4.78, 5) is 0. The largest absolute Gasteiger partial charge is 0.308 e. The molecule has 3 atom stereocenters. The fraction of sp³-hybridized carbons (Fsp3) is 0.867. The van der Waals surface area contributed by atoms with Crippen LogP contribution in [0.25, 0.3) is 0 Å². The van der Waals surface area contributed by atoms with E-state index in [1.54, 1.807) is 0 Å². The van der Waals surface area contributed by atoms with Crippen molar-refractivity contribution < 1.29 is 0 Å². The van der Waals surface area contributed by atoms with Crippen LogP contribution >= 0.6 is 0 Å². The molecule has 1 heteroatoms. The molecule has 0 aromatic carbocycles. The summed E-state index contributed by atoms with van der Waals surface area (Å²) in [5.41, 5.74) is 0.485. The molecule has 1 fully saturated rings. The monoisotopic (exact) mass is 223 g/mol. The highest BCUT2D eigenvalue weighted by atomic mass is 14.9. The minimum Gasteiger partial charge on any atom is -0.308 e. The van der Waals surface area contributed by atoms with E-state index < -0.39 is 0 Å². The van der Waals surface area contributed by atoms with Crippen molar-refractivity contribution in [2.75, 3.05) is 0 Å². The molecule has 0 heterocycles. The van der Waals surface area contributed by atoms with Crippen molar-refractivity contribution in [3.63, 3.8) is 0 Å². The Hall–Kier alpha value is -0.300. The summed E-state index contributed by atoms with van der Waals surface area (Å²) in [5.74, 6) is 0.901. The molecule has 0 aliphatic heterocycles. The third kappa shape index (κ3) is 4.29. The van der Waals surface area contributed by atoms with Crippen LogP contribution in [0.4, 0.5) is 0 Å². The minimum atomic E-state index is 0.455. The molecular formula is C15H29N. The van der Waals surface area contributed by atoms with Crippen LogP contribution in [-0.2, 0) is 0 Å². The predicted molar refractivity (Wildman–Crippen MR) is 72.6 cm³/mol. The fourth-order valence-corrected chi connectivity index (χ4v) is 2.77. The maximum Gasteiger partial charge on any atom is 0.0221 e. The number of hydrogen-bond acceptors (Lipinski definition) is 1. The maximum atomic E-state index is 3.84. The van der Waals surface area contributed by atoms with Gasteiger partial charge in [-0.3, -0.25) is 0 Å². The first-order valence-corrected chi connectivity index (χ1v) is 6.82. The van der Waals surface area contributed by atoms with Crippen LogP contribution in [0, 0.1) is 11.3 Å². The predicted octanol–water partition coefficient (Wildman–Crippen LogP) is 4.15. The molecule has 1 aliphatic rings.